The van der Waals surface area contributed by atoms with Crippen molar-refractivity contribution >= 4 is 40.8 Å². The van der Waals surface area contributed by atoms with Crippen LogP contribution in [0.5, 0.6) is 0 Å². The molecule has 1 fully saturated rings. The number of nitrogens with one attached hydrogen (secondary N) is 1. The third kappa shape index (κ3) is 3.12. The minimum absolute atomic E-state index is 0.219. The number of amides is 1. The Morgan fingerprint density at radius 3 is 2.86 bits per heavy atom. The average Bonchev–Trinajstić information content (AvgIpc) is 3.10. The quantitative estimate of drug-likeness (QED) is 0.843. The number of carbonyl (C=O) groups excluding carboxylic acids is 1. The number of hydrogen-bond acceptors (Lipinski definition) is 4. The Kier molecular flexibility index (Phi) is 4.28. The van der Waals surface area contributed by atoms with E-state index in [1.54, 1.807) is 11.3 Å². The van der Waals surface area contributed by atoms with Gasteiger partial charge in [-0.3, -0.25) is 4.79 Å². The van der Waals surface area contributed by atoms with Gasteiger partial charge in [-0.1, -0.05) is 0 Å². The molecule has 2 aromatic rings. The molecular weight excluding hydrogens is 320 g/mol. The highest BCUT2D eigenvalue weighted by Gasteiger charge is 2.31. The molecule has 0 aliphatic carbocycles. The minimum atomic E-state index is 0.219. The van der Waals surface area contributed by atoms with Crippen molar-refractivity contribution in [3.8, 4) is 0 Å². The van der Waals surface area contributed by atoms with Crippen LogP contribution in [0.3, 0.4) is 0 Å². The Morgan fingerprint density at radius 1 is 1.43 bits per heavy atom. The van der Waals surface area contributed by atoms with Crippen LogP contribution in [0.1, 0.15) is 39.2 Å². The standard InChI is InChI=1S/C15H18N2OS3/c1-9-5-6-12(20-9)11-4-3-7-17(11)14(18)8-13-10(2)16-15(19)21-13/h5-6,11H,3-4,7-8H2,1-2H3,(H,16,19)/t11-/m1/s1. The van der Waals surface area contributed by atoms with Gasteiger partial charge in [0.25, 0.3) is 0 Å². The first-order valence-electron chi connectivity index (χ1n) is 7.09. The lowest BCUT2D eigenvalue weighted by atomic mass is 10.1. The zero-order chi connectivity index (χ0) is 15.0. The summed E-state index contributed by atoms with van der Waals surface area (Å²) >= 11 is 8.47. The predicted molar refractivity (Wildman–Crippen MR) is 90.7 cm³/mol. The van der Waals surface area contributed by atoms with Crippen molar-refractivity contribution < 1.29 is 4.79 Å². The van der Waals surface area contributed by atoms with Gasteiger partial charge in [-0.25, -0.2) is 0 Å². The largest absolute Gasteiger partial charge is 0.341 e. The number of rotatable bonds is 3. The van der Waals surface area contributed by atoms with E-state index in [4.69, 9.17) is 12.2 Å². The summed E-state index contributed by atoms with van der Waals surface area (Å²) in [6.07, 6.45) is 2.63. The van der Waals surface area contributed by atoms with E-state index in [1.807, 2.05) is 11.8 Å². The summed E-state index contributed by atoms with van der Waals surface area (Å²) in [5.74, 6) is 0.219. The molecule has 3 nitrogen and oxygen atoms in total. The summed E-state index contributed by atoms with van der Waals surface area (Å²) in [6.45, 7) is 4.97. The molecule has 0 bridgehead atoms. The maximum absolute atomic E-state index is 12.7. The Balaban J connectivity index is 1.77. The Morgan fingerprint density at radius 2 is 2.24 bits per heavy atom. The second kappa shape index (κ2) is 6.02. The fourth-order valence-corrected chi connectivity index (χ4v) is 5.15. The molecule has 0 radical (unpaired) electrons. The molecular formula is C15H18N2OS3. The summed E-state index contributed by atoms with van der Waals surface area (Å²) < 4.78 is 0.752. The van der Waals surface area contributed by atoms with Crippen molar-refractivity contribution in [2.24, 2.45) is 0 Å². The highest BCUT2D eigenvalue weighted by atomic mass is 32.1. The molecule has 0 saturated carbocycles. The summed E-state index contributed by atoms with van der Waals surface area (Å²) in [7, 11) is 0. The molecule has 1 amide bonds. The number of thiazole rings is 1. The van der Waals surface area contributed by atoms with Gasteiger partial charge in [0, 0.05) is 26.9 Å². The van der Waals surface area contributed by atoms with Crippen LogP contribution in [0.4, 0.5) is 0 Å². The van der Waals surface area contributed by atoms with Gasteiger partial charge in [-0.2, -0.15) is 0 Å². The second-order valence-electron chi connectivity index (χ2n) is 5.43. The number of thiophene rings is 1. The van der Waals surface area contributed by atoms with Crippen LogP contribution in [0.15, 0.2) is 12.1 Å². The van der Waals surface area contributed by atoms with E-state index in [1.165, 1.54) is 21.1 Å². The van der Waals surface area contributed by atoms with Crippen LogP contribution in [0, 0.1) is 17.8 Å². The topological polar surface area (TPSA) is 36.1 Å². The highest BCUT2D eigenvalue weighted by molar-refractivity contribution is 7.73. The molecule has 21 heavy (non-hydrogen) atoms. The van der Waals surface area contributed by atoms with Crippen molar-refractivity contribution in [3.63, 3.8) is 0 Å². The molecule has 6 heteroatoms. The molecule has 1 aliphatic heterocycles. The smallest absolute Gasteiger partial charge is 0.228 e. The monoisotopic (exact) mass is 338 g/mol. The van der Waals surface area contributed by atoms with Gasteiger partial charge in [0.1, 0.15) is 0 Å². The number of aromatic nitrogens is 1. The molecule has 3 rings (SSSR count). The van der Waals surface area contributed by atoms with Crippen molar-refractivity contribution in [2.75, 3.05) is 6.54 Å². The normalized spacial score (nSPS) is 18.4. The van der Waals surface area contributed by atoms with Gasteiger partial charge in [0.05, 0.1) is 12.5 Å². The lowest BCUT2D eigenvalue weighted by Gasteiger charge is -2.23. The summed E-state index contributed by atoms with van der Waals surface area (Å²) in [4.78, 5) is 21.5. The molecule has 1 saturated heterocycles. The van der Waals surface area contributed by atoms with Crippen LogP contribution in [-0.2, 0) is 11.2 Å². The van der Waals surface area contributed by atoms with Crippen molar-refractivity contribution in [1.82, 2.24) is 9.88 Å². The third-order valence-electron chi connectivity index (χ3n) is 3.90. The number of aromatic amines is 1. The lowest BCUT2D eigenvalue weighted by Crippen LogP contribution is -2.31. The van der Waals surface area contributed by atoms with E-state index >= 15 is 0 Å². The molecule has 0 spiro atoms. The SMILES string of the molecule is Cc1ccc([C@H]2CCCN2C(=O)Cc2sc(=S)[nH]c2C)s1. The summed E-state index contributed by atoms with van der Waals surface area (Å²) in [5, 5.41) is 0. The van der Waals surface area contributed by atoms with Gasteiger partial charge in [-0.05, 0) is 51.0 Å². The Hall–Kier alpha value is -0.980. The van der Waals surface area contributed by atoms with E-state index in [0.717, 1.165) is 33.9 Å². The fourth-order valence-electron chi connectivity index (χ4n) is 2.84. The zero-order valence-corrected chi connectivity index (χ0v) is 14.6. The van der Waals surface area contributed by atoms with Crippen molar-refractivity contribution in [1.29, 1.82) is 0 Å². The number of hydrogen-bond donors (Lipinski definition) is 1. The van der Waals surface area contributed by atoms with E-state index in [2.05, 4.69) is 24.0 Å². The van der Waals surface area contributed by atoms with E-state index in [0.29, 0.717) is 6.42 Å². The first-order valence-corrected chi connectivity index (χ1v) is 9.13. The molecule has 1 atom stereocenters. The zero-order valence-electron chi connectivity index (χ0n) is 12.1. The molecule has 112 valence electrons. The average molecular weight is 339 g/mol. The summed E-state index contributed by atoms with van der Waals surface area (Å²) in [5.41, 5.74) is 1.03. The maximum Gasteiger partial charge on any atom is 0.228 e. The first kappa shape index (κ1) is 14.9. The Labute approximate surface area is 137 Å². The van der Waals surface area contributed by atoms with E-state index < -0.39 is 0 Å². The number of likely N-dealkylation sites (tertiary alicyclic amines) is 1. The van der Waals surface area contributed by atoms with Crippen LogP contribution >= 0.6 is 34.9 Å². The van der Waals surface area contributed by atoms with Crippen molar-refractivity contribution in [3.05, 3.63) is 36.4 Å². The number of aryl methyl sites for hydroxylation is 2. The van der Waals surface area contributed by atoms with E-state index in [9.17, 15) is 4.79 Å². The maximum atomic E-state index is 12.7. The molecule has 1 N–H and O–H groups in total. The van der Waals surface area contributed by atoms with Gasteiger partial charge in [0.2, 0.25) is 5.91 Å². The van der Waals surface area contributed by atoms with Crippen LogP contribution in [0.2, 0.25) is 0 Å². The van der Waals surface area contributed by atoms with Gasteiger partial charge in [0.15, 0.2) is 3.95 Å². The predicted octanol–water partition coefficient (Wildman–Crippen LogP) is 4.39. The summed E-state index contributed by atoms with van der Waals surface area (Å²) in [6, 6.07) is 4.58. The van der Waals surface area contributed by atoms with E-state index in [-0.39, 0.29) is 11.9 Å². The van der Waals surface area contributed by atoms with Crippen LogP contribution in [-0.4, -0.2) is 22.3 Å². The second-order valence-corrected chi connectivity index (χ2v) is 8.52. The van der Waals surface area contributed by atoms with Crippen LogP contribution < -0.4 is 0 Å². The van der Waals surface area contributed by atoms with Gasteiger partial charge < -0.3 is 9.88 Å². The van der Waals surface area contributed by atoms with Gasteiger partial charge >= 0.3 is 0 Å². The number of nitrogens with zero attached hydrogens (tertiary/aromatic N) is 1. The fraction of sp³-hybridized carbons (Fsp3) is 0.467. The lowest BCUT2D eigenvalue weighted by molar-refractivity contribution is -0.131. The molecule has 0 aromatic carbocycles. The first-order chi connectivity index (χ1) is 10.0. The highest BCUT2D eigenvalue weighted by Crippen LogP contribution is 2.36. The Bertz CT molecular complexity index is 713. The van der Waals surface area contributed by atoms with Crippen molar-refractivity contribution in [2.45, 2.75) is 39.2 Å². The van der Waals surface area contributed by atoms with Crippen LogP contribution in [0.25, 0.3) is 0 Å². The molecule has 3 heterocycles. The minimum Gasteiger partial charge on any atom is -0.341 e. The number of H-pyrrole nitrogens is 1. The molecule has 2 aromatic heterocycles. The molecule has 0 unspecified atom stereocenters. The third-order valence-corrected chi connectivity index (χ3v) is 6.34. The number of carbonyl (C=O) groups is 1. The molecule has 1 aliphatic rings. The van der Waals surface area contributed by atoms with Gasteiger partial charge in [-0.15, -0.1) is 22.7 Å².